The predicted octanol–water partition coefficient (Wildman–Crippen LogP) is 3.40. The lowest BCUT2D eigenvalue weighted by Crippen LogP contribution is -2.27. The van der Waals surface area contributed by atoms with Gasteiger partial charge < -0.3 is 5.73 Å². The van der Waals surface area contributed by atoms with Crippen molar-refractivity contribution in [3.63, 3.8) is 0 Å². The fraction of sp³-hybridized carbons (Fsp3) is 0.625. The molecule has 0 fully saturated rings. The zero-order valence-corrected chi connectivity index (χ0v) is 13.8. The third-order valence-electron chi connectivity index (χ3n) is 3.81. The number of rotatable bonds is 5. The van der Waals surface area contributed by atoms with Crippen molar-refractivity contribution in [2.45, 2.75) is 52.8 Å². The molecule has 2 nitrogen and oxygen atoms in total. The van der Waals surface area contributed by atoms with Gasteiger partial charge in [-0.1, -0.05) is 38.5 Å². The van der Waals surface area contributed by atoms with Crippen molar-refractivity contribution in [2.24, 2.45) is 11.7 Å². The second-order valence-corrected chi connectivity index (χ2v) is 7.75. The average Bonchev–Trinajstić information content (AvgIpc) is 2.25. The quantitative estimate of drug-likeness (QED) is 0.899. The normalized spacial score (nSPS) is 16.4. The van der Waals surface area contributed by atoms with E-state index in [4.69, 9.17) is 5.73 Å². The minimum absolute atomic E-state index is 0.136. The number of aryl methyl sites for hydroxylation is 3. The lowest BCUT2D eigenvalue weighted by molar-refractivity contribution is 0.601. The first kappa shape index (κ1) is 16.4. The van der Waals surface area contributed by atoms with Crippen LogP contribution < -0.4 is 5.73 Å². The van der Waals surface area contributed by atoms with Gasteiger partial charge in [0, 0.05) is 27.8 Å². The summed E-state index contributed by atoms with van der Waals surface area (Å²) in [6, 6.07) is 4.16. The van der Waals surface area contributed by atoms with Gasteiger partial charge in [-0.15, -0.1) is 0 Å². The van der Waals surface area contributed by atoms with Crippen LogP contribution in [0.5, 0.6) is 0 Å². The standard InChI is InChI=1S/C16H27NOS/c1-10(2)14(6)19(18)9-15(17)16-12(4)7-11(3)8-13(16)5/h7-8,10,14-15H,9,17H2,1-6H3. The molecule has 1 rings (SSSR count). The molecule has 108 valence electrons. The summed E-state index contributed by atoms with van der Waals surface area (Å²) in [5.74, 6) is 0.970. The molecule has 0 aromatic heterocycles. The monoisotopic (exact) mass is 281 g/mol. The van der Waals surface area contributed by atoms with Crippen molar-refractivity contribution in [2.75, 3.05) is 5.75 Å². The van der Waals surface area contributed by atoms with Gasteiger partial charge in [0.25, 0.3) is 0 Å². The van der Waals surface area contributed by atoms with Crippen LogP contribution in [0.3, 0.4) is 0 Å². The molecule has 3 atom stereocenters. The van der Waals surface area contributed by atoms with E-state index in [0.717, 1.165) is 5.56 Å². The van der Waals surface area contributed by atoms with E-state index in [0.29, 0.717) is 11.7 Å². The maximum atomic E-state index is 12.3. The summed E-state index contributed by atoms with van der Waals surface area (Å²) in [4.78, 5) is 0. The fourth-order valence-electron chi connectivity index (χ4n) is 2.49. The first-order valence-electron chi connectivity index (χ1n) is 6.94. The van der Waals surface area contributed by atoms with E-state index in [1.54, 1.807) is 0 Å². The Labute approximate surface area is 120 Å². The number of hydrogen-bond donors (Lipinski definition) is 1. The molecule has 2 N–H and O–H groups in total. The highest BCUT2D eigenvalue weighted by atomic mass is 32.2. The van der Waals surface area contributed by atoms with E-state index in [2.05, 4.69) is 46.8 Å². The Balaban J connectivity index is 2.90. The summed E-state index contributed by atoms with van der Waals surface area (Å²) in [7, 11) is -0.872. The average molecular weight is 281 g/mol. The zero-order valence-electron chi connectivity index (χ0n) is 13.0. The molecule has 3 unspecified atom stereocenters. The van der Waals surface area contributed by atoms with Gasteiger partial charge in [-0.3, -0.25) is 4.21 Å². The van der Waals surface area contributed by atoms with Crippen molar-refractivity contribution in [1.82, 2.24) is 0 Å². The van der Waals surface area contributed by atoms with Crippen LogP contribution in [0.25, 0.3) is 0 Å². The Kier molecular flexibility index (Phi) is 5.75. The lowest BCUT2D eigenvalue weighted by atomic mass is 9.95. The van der Waals surface area contributed by atoms with E-state index in [9.17, 15) is 4.21 Å². The SMILES string of the molecule is Cc1cc(C)c(C(N)CS(=O)C(C)C(C)C)c(C)c1. The first-order chi connectivity index (χ1) is 8.73. The molecule has 1 aromatic carbocycles. The Morgan fingerprint density at radius 2 is 1.58 bits per heavy atom. The van der Waals surface area contributed by atoms with Crippen LogP contribution in [0.15, 0.2) is 12.1 Å². The summed E-state index contributed by atoms with van der Waals surface area (Å²) in [5, 5.41) is 0.192. The van der Waals surface area contributed by atoms with E-state index in [-0.39, 0.29) is 11.3 Å². The minimum Gasteiger partial charge on any atom is -0.323 e. The Morgan fingerprint density at radius 1 is 1.11 bits per heavy atom. The summed E-state index contributed by atoms with van der Waals surface area (Å²) in [6.45, 7) is 12.5. The molecule has 3 heteroatoms. The van der Waals surface area contributed by atoms with Gasteiger partial charge in [-0.2, -0.15) is 0 Å². The van der Waals surface area contributed by atoms with Crippen LogP contribution in [-0.2, 0) is 10.8 Å². The molecular weight excluding hydrogens is 254 g/mol. The van der Waals surface area contributed by atoms with Crippen LogP contribution >= 0.6 is 0 Å². The van der Waals surface area contributed by atoms with E-state index in [1.807, 2.05) is 6.92 Å². The number of benzene rings is 1. The van der Waals surface area contributed by atoms with Crippen molar-refractivity contribution in [3.05, 3.63) is 34.4 Å². The molecule has 0 bridgehead atoms. The highest BCUT2D eigenvalue weighted by Crippen LogP contribution is 2.24. The molecule has 0 heterocycles. The Bertz CT molecular complexity index is 445. The minimum atomic E-state index is -0.872. The van der Waals surface area contributed by atoms with Crippen molar-refractivity contribution < 1.29 is 4.21 Å². The molecule has 0 aliphatic heterocycles. The van der Waals surface area contributed by atoms with Gasteiger partial charge in [0.2, 0.25) is 0 Å². The smallest absolute Gasteiger partial charge is 0.0431 e. The maximum absolute atomic E-state index is 12.3. The molecule has 0 aliphatic carbocycles. The van der Waals surface area contributed by atoms with Gasteiger partial charge in [0.1, 0.15) is 0 Å². The maximum Gasteiger partial charge on any atom is 0.0431 e. The Morgan fingerprint density at radius 3 is 2.00 bits per heavy atom. The third-order valence-corrected chi connectivity index (χ3v) is 5.87. The first-order valence-corrected chi connectivity index (χ1v) is 8.32. The van der Waals surface area contributed by atoms with Crippen molar-refractivity contribution >= 4 is 10.8 Å². The number of nitrogens with two attached hydrogens (primary N) is 1. The van der Waals surface area contributed by atoms with Gasteiger partial charge in [-0.25, -0.2) is 0 Å². The molecular formula is C16H27NOS. The topological polar surface area (TPSA) is 43.1 Å². The van der Waals surface area contributed by atoms with Gasteiger partial charge in [0.05, 0.1) is 0 Å². The summed E-state index contributed by atoms with van der Waals surface area (Å²) in [6.07, 6.45) is 0. The second-order valence-electron chi connectivity index (χ2n) is 5.92. The summed E-state index contributed by atoms with van der Waals surface area (Å²) >= 11 is 0. The van der Waals surface area contributed by atoms with Crippen LogP contribution in [0.4, 0.5) is 0 Å². The van der Waals surface area contributed by atoms with Gasteiger partial charge >= 0.3 is 0 Å². The molecule has 0 radical (unpaired) electrons. The van der Waals surface area contributed by atoms with E-state index < -0.39 is 10.8 Å². The molecule has 0 spiro atoms. The fourth-order valence-corrected chi connectivity index (χ4v) is 3.92. The molecule has 0 aliphatic rings. The van der Waals surface area contributed by atoms with Crippen LogP contribution in [0, 0.1) is 26.7 Å². The second kappa shape index (κ2) is 6.67. The lowest BCUT2D eigenvalue weighted by Gasteiger charge is -2.21. The van der Waals surface area contributed by atoms with E-state index >= 15 is 0 Å². The molecule has 1 aromatic rings. The molecule has 0 amide bonds. The zero-order chi connectivity index (χ0) is 14.7. The highest BCUT2D eigenvalue weighted by molar-refractivity contribution is 7.85. The molecule has 0 saturated carbocycles. The molecule has 0 saturated heterocycles. The summed E-state index contributed by atoms with van der Waals surface area (Å²) in [5.41, 5.74) is 11.1. The predicted molar refractivity (Wildman–Crippen MR) is 84.9 cm³/mol. The highest BCUT2D eigenvalue weighted by Gasteiger charge is 2.20. The third kappa shape index (κ3) is 4.15. The van der Waals surface area contributed by atoms with Gasteiger partial charge in [-0.05, 0) is 43.4 Å². The largest absolute Gasteiger partial charge is 0.323 e. The Hall–Kier alpha value is -0.670. The summed E-state index contributed by atoms with van der Waals surface area (Å²) < 4.78 is 12.3. The number of hydrogen-bond acceptors (Lipinski definition) is 2. The van der Waals surface area contributed by atoms with Crippen molar-refractivity contribution in [3.8, 4) is 0 Å². The van der Waals surface area contributed by atoms with Crippen LogP contribution in [0.2, 0.25) is 0 Å². The van der Waals surface area contributed by atoms with Crippen LogP contribution in [-0.4, -0.2) is 15.2 Å². The van der Waals surface area contributed by atoms with Crippen LogP contribution in [0.1, 0.15) is 49.1 Å². The molecule has 19 heavy (non-hydrogen) atoms. The van der Waals surface area contributed by atoms with E-state index in [1.165, 1.54) is 16.7 Å². The van der Waals surface area contributed by atoms with Crippen molar-refractivity contribution in [1.29, 1.82) is 0 Å². The van der Waals surface area contributed by atoms with Gasteiger partial charge in [0.15, 0.2) is 0 Å².